The van der Waals surface area contributed by atoms with E-state index in [-0.39, 0.29) is 18.1 Å². The van der Waals surface area contributed by atoms with Crippen LogP contribution >= 0.6 is 0 Å². The number of rotatable bonds is 6. The van der Waals surface area contributed by atoms with E-state index in [1.165, 1.54) is 13.0 Å². The molecule has 20 heavy (non-hydrogen) atoms. The highest BCUT2D eigenvalue weighted by Gasteiger charge is 2.13. The van der Waals surface area contributed by atoms with Gasteiger partial charge in [0.1, 0.15) is 0 Å². The number of hydrogen-bond acceptors (Lipinski definition) is 3. The van der Waals surface area contributed by atoms with Crippen LogP contribution in [0.5, 0.6) is 0 Å². The Kier molecular flexibility index (Phi) is 5.65. The summed E-state index contributed by atoms with van der Waals surface area (Å²) in [6.07, 6.45) is 2.82. The maximum absolute atomic E-state index is 11.7. The summed E-state index contributed by atoms with van der Waals surface area (Å²) in [6.45, 7) is 3.01. The van der Waals surface area contributed by atoms with Gasteiger partial charge < -0.3 is 10.4 Å². The number of hydrogen-bond donors (Lipinski definition) is 2. The Morgan fingerprint density at radius 2 is 1.85 bits per heavy atom. The average Bonchev–Trinajstić information content (AvgIpc) is 2.36. The first-order valence-corrected chi connectivity index (χ1v) is 6.20. The molecular weight excluding hydrogens is 258 g/mol. The minimum Gasteiger partial charge on any atom is -0.481 e. The van der Waals surface area contributed by atoms with Crippen molar-refractivity contribution in [1.29, 1.82) is 0 Å². The van der Waals surface area contributed by atoms with E-state index in [1.54, 1.807) is 37.3 Å². The number of carboxylic acid groups (broad SMARTS) is 1. The normalized spacial score (nSPS) is 12.1. The van der Waals surface area contributed by atoms with Gasteiger partial charge in [-0.05, 0) is 23.8 Å². The highest BCUT2D eigenvalue weighted by Crippen LogP contribution is 2.12. The van der Waals surface area contributed by atoms with Crippen molar-refractivity contribution in [3.05, 3.63) is 35.9 Å². The van der Waals surface area contributed by atoms with E-state index in [2.05, 4.69) is 5.32 Å². The highest BCUT2D eigenvalue weighted by atomic mass is 16.4. The van der Waals surface area contributed by atoms with Crippen LogP contribution in [0.1, 0.15) is 25.8 Å². The van der Waals surface area contributed by atoms with Crippen molar-refractivity contribution in [1.82, 2.24) is 0 Å². The molecule has 0 aliphatic rings. The summed E-state index contributed by atoms with van der Waals surface area (Å²) in [5, 5.41) is 11.3. The Balaban J connectivity index is 2.63. The van der Waals surface area contributed by atoms with Crippen LogP contribution in [-0.2, 0) is 14.4 Å². The van der Waals surface area contributed by atoms with Crippen LogP contribution in [0.15, 0.2) is 30.3 Å². The Morgan fingerprint density at radius 3 is 2.35 bits per heavy atom. The molecule has 0 saturated carbocycles. The maximum Gasteiger partial charge on any atom is 0.304 e. The molecule has 0 bridgehead atoms. The molecular formula is C15H17NO4. The van der Waals surface area contributed by atoms with Crippen LogP contribution in [0.2, 0.25) is 0 Å². The molecule has 1 aromatic carbocycles. The Labute approximate surface area is 117 Å². The number of aliphatic carboxylic acids is 1. The number of amides is 1. The molecule has 0 aromatic heterocycles. The number of benzene rings is 1. The number of carbonyl (C=O) groups is 3. The average molecular weight is 275 g/mol. The lowest BCUT2D eigenvalue weighted by Gasteiger charge is -2.03. The lowest BCUT2D eigenvalue weighted by molar-refractivity contribution is -0.139. The molecule has 2 N–H and O–H groups in total. The van der Waals surface area contributed by atoms with Crippen LogP contribution in [0.3, 0.4) is 0 Å². The minimum absolute atomic E-state index is 0.147. The number of anilines is 1. The van der Waals surface area contributed by atoms with Crippen molar-refractivity contribution in [2.45, 2.75) is 20.3 Å². The third kappa shape index (κ3) is 5.48. The van der Waals surface area contributed by atoms with Crippen LogP contribution in [0.4, 0.5) is 5.69 Å². The molecule has 0 saturated heterocycles. The molecule has 5 nitrogen and oxygen atoms in total. The van der Waals surface area contributed by atoms with Gasteiger partial charge in [-0.25, -0.2) is 0 Å². The van der Waals surface area contributed by atoms with Crippen molar-refractivity contribution in [2.75, 3.05) is 5.32 Å². The predicted molar refractivity (Wildman–Crippen MR) is 76.2 cm³/mol. The quantitative estimate of drug-likeness (QED) is 0.780. The smallest absolute Gasteiger partial charge is 0.304 e. The van der Waals surface area contributed by atoms with Crippen LogP contribution < -0.4 is 5.32 Å². The number of carbonyl (C=O) groups excluding carboxylic acids is 2. The van der Waals surface area contributed by atoms with Crippen molar-refractivity contribution in [2.24, 2.45) is 5.92 Å². The lowest BCUT2D eigenvalue weighted by atomic mass is 10.0. The fourth-order valence-corrected chi connectivity index (χ4v) is 1.59. The summed E-state index contributed by atoms with van der Waals surface area (Å²) in [5.74, 6) is -1.90. The predicted octanol–water partition coefficient (Wildman–Crippen LogP) is 2.34. The summed E-state index contributed by atoms with van der Waals surface area (Å²) in [6, 6.07) is 6.98. The lowest BCUT2D eigenvalue weighted by Crippen LogP contribution is -2.12. The fourth-order valence-electron chi connectivity index (χ4n) is 1.59. The second kappa shape index (κ2) is 7.23. The highest BCUT2D eigenvalue weighted by molar-refractivity contribution is 5.96. The minimum atomic E-state index is -0.987. The monoisotopic (exact) mass is 275 g/mol. The molecule has 1 unspecified atom stereocenters. The van der Waals surface area contributed by atoms with Gasteiger partial charge in [-0.1, -0.05) is 25.1 Å². The molecule has 0 aliphatic heterocycles. The van der Waals surface area contributed by atoms with Crippen LogP contribution in [0, 0.1) is 5.92 Å². The molecule has 0 heterocycles. The molecule has 1 rings (SSSR count). The van der Waals surface area contributed by atoms with Crippen LogP contribution in [0.25, 0.3) is 6.08 Å². The fraction of sp³-hybridized carbons (Fsp3) is 0.267. The third-order valence-electron chi connectivity index (χ3n) is 2.64. The third-order valence-corrected chi connectivity index (χ3v) is 2.64. The van der Waals surface area contributed by atoms with Gasteiger partial charge >= 0.3 is 5.97 Å². The largest absolute Gasteiger partial charge is 0.481 e. The SMILES string of the molecule is CC(=O)Nc1ccc(C=CC(=O)C(C)CC(=O)O)cc1. The molecule has 5 heteroatoms. The summed E-state index contributed by atoms with van der Waals surface area (Å²) < 4.78 is 0. The van der Waals surface area contributed by atoms with Gasteiger partial charge in [0.25, 0.3) is 0 Å². The van der Waals surface area contributed by atoms with Gasteiger partial charge in [0.2, 0.25) is 5.91 Å². The summed E-state index contributed by atoms with van der Waals surface area (Å²) in [4.78, 5) is 33.0. The summed E-state index contributed by atoms with van der Waals surface area (Å²) >= 11 is 0. The second-order valence-corrected chi connectivity index (χ2v) is 4.54. The molecule has 0 spiro atoms. The van der Waals surface area contributed by atoms with Gasteiger partial charge in [0, 0.05) is 18.5 Å². The number of allylic oxidation sites excluding steroid dienone is 1. The van der Waals surface area contributed by atoms with Gasteiger partial charge in [0.15, 0.2) is 5.78 Å². The molecule has 0 fully saturated rings. The van der Waals surface area contributed by atoms with E-state index in [0.717, 1.165) is 5.56 Å². The topological polar surface area (TPSA) is 83.5 Å². The van der Waals surface area contributed by atoms with E-state index >= 15 is 0 Å². The standard InChI is InChI=1S/C15H17NO4/c1-10(9-15(19)20)14(18)8-5-12-3-6-13(7-4-12)16-11(2)17/h3-8,10H,9H2,1-2H3,(H,16,17)(H,19,20). The van der Waals surface area contributed by atoms with Gasteiger partial charge in [-0.2, -0.15) is 0 Å². The molecule has 1 atom stereocenters. The van der Waals surface area contributed by atoms with Crippen molar-refractivity contribution in [3.63, 3.8) is 0 Å². The number of nitrogens with one attached hydrogen (secondary N) is 1. The first-order chi connectivity index (χ1) is 9.38. The first-order valence-electron chi connectivity index (χ1n) is 6.20. The van der Waals surface area contributed by atoms with Crippen LogP contribution in [-0.4, -0.2) is 22.8 Å². The van der Waals surface area contributed by atoms with E-state index in [9.17, 15) is 14.4 Å². The zero-order valence-corrected chi connectivity index (χ0v) is 11.4. The molecule has 106 valence electrons. The van der Waals surface area contributed by atoms with Gasteiger partial charge in [-0.15, -0.1) is 0 Å². The van der Waals surface area contributed by atoms with Crippen molar-refractivity contribution in [3.8, 4) is 0 Å². The molecule has 0 radical (unpaired) electrons. The Morgan fingerprint density at radius 1 is 1.25 bits per heavy atom. The van der Waals surface area contributed by atoms with E-state index in [1.807, 2.05) is 0 Å². The zero-order chi connectivity index (χ0) is 15.1. The Bertz CT molecular complexity index is 531. The second-order valence-electron chi connectivity index (χ2n) is 4.54. The number of ketones is 1. The van der Waals surface area contributed by atoms with Crippen molar-refractivity contribution >= 4 is 29.4 Å². The van der Waals surface area contributed by atoms with Crippen molar-refractivity contribution < 1.29 is 19.5 Å². The number of carboxylic acids is 1. The zero-order valence-electron chi connectivity index (χ0n) is 11.4. The Hall–Kier alpha value is -2.43. The van der Waals surface area contributed by atoms with E-state index in [4.69, 9.17) is 5.11 Å². The van der Waals surface area contributed by atoms with E-state index in [0.29, 0.717) is 5.69 Å². The van der Waals surface area contributed by atoms with Gasteiger partial charge in [0.05, 0.1) is 6.42 Å². The maximum atomic E-state index is 11.7. The van der Waals surface area contributed by atoms with Gasteiger partial charge in [-0.3, -0.25) is 14.4 Å². The van der Waals surface area contributed by atoms with E-state index < -0.39 is 11.9 Å². The molecule has 0 aliphatic carbocycles. The first kappa shape index (κ1) is 15.6. The summed E-state index contributed by atoms with van der Waals surface area (Å²) in [5.41, 5.74) is 1.48. The summed E-state index contributed by atoms with van der Waals surface area (Å²) in [7, 11) is 0. The molecule has 1 aromatic rings. The molecule has 1 amide bonds.